The lowest BCUT2D eigenvalue weighted by molar-refractivity contribution is -0.205. The Morgan fingerprint density at radius 3 is 2.08 bits per heavy atom. The summed E-state index contributed by atoms with van der Waals surface area (Å²) >= 11 is 0. The fraction of sp³-hybridized carbons (Fsp3) is 1.00. The molecule has 0 spiro atoms. The van der Waals surface area contributed by atoms with Gasteiger partial charge in [-0.25, -0.2) is 0 Å². The highest BCUT2D eigenvalue weighted by Gasteiger charge is 2.47. The van der Waals surface area contributed by atoms with Crippen molar-refractivity contribution in [3.05, 3.63) is 0 Å². The summed E-state index contributed by atoms with van der Waals surface area (Å²) in [6, 6.07) is 0. The van der Waals surface area contributed by atoms with Crippen LogP contribution in [0.1, 0.15) is 12.8 Å². The number of halogens is 3. The smallest absolute Gasteiger partial charge is 0.309 e. The van der Waals surface area contributed by atoms with E-state index in [2.05, 4.69) is 0 Å². The molecule has 0 radical (unpaired) electrons. The molecule has 0 aliphatic heterocycles. The van der Waals surface area contributed by atoms with Gasteiger partial charge in [-0.1, -0.05) is 0 Å². The number of rotatable bonds is 2. The molecule has 12 heavy (non-hydrogen) atoms. The lowest BCUT2D eigenvalue weighted by atomic mass is 9.74. The van der Waals surface area contributed by atoms with Crippen molar-refractivity contribution < 1.29 is 13.2 Å². The van der Waals surface area contributed by atoms with Crippen molar-refractivity contribution in [3.8, 4) is 0 Å². The highest BCUT2D eigenvalue weighted by molar-refractivity contribution is 4.85. The molecule has 0 N–H and O–H groups in total. The van der Waals surface area contributed by atoms with Gasteiger partial charge in [-0.05, 0) is 32.9 Å². The Hall–Kier alpha value is -0.250. The van der Waals surface area contributed by atoms with E-state index in [0.717, 1.165) is 6.54 Å². The maximum absolute atomic E-state index is 12.0. The Morgan fingerprint density at radius 1 is 1.25 bits per heavy atom. The summed E-state index contributed by atoms with van der Waals surface area (Å²) in [5.74, 6) is -0.769. The molecule has 1 nitrogen and oxygen atoms in total. The molecule has 1 fully saturated rings. The van der Waals surface area contributed by atoms with Crippen molar-refractivity contribution >= 4 is 0 Å². The molecule has 0 aromatic rings. The van der Waals surface area contributed by atoms with Crippen LogP contribution >= 0.6 is 0 Å². The predicted molar refractivity (Wildman–Crippen MR) is 40.8 cm³/mol. The Kier molecular flexibility index (Phi) is 2.66. The lowest BCUT2D eigenvalue weighted by Crippen LogP contribution is -2.39. The molecule has 1 aliphatic rings. The van der Waals surface area contributed by atoms with E-state index >= 15 is 0 Å². The molecule has 1 rings (SSSR count). The molecule has 0 saturated heterocycles. The first-order valence-electron chi connectivity index (χ1n) is 4.11. The van der Waals surface area contributed by atoms with Crippen LogP contribution in [0.4, 0.5) is 13.2 Å². The van der Waals surface area contributed by atoms with E-state index < -0.39 is 12.1 Å². The van der Waals surface area contributed by atoms with E-state index in [9.17, 15) is 13.2 Å². The number of hydrogen-bond acceptors (Lipinski definition) is 1. The fourth-order valence-electron chi connectivity index (χ4n) is 1.67. The van der Waals surface area contributed by atoms with Crippen LogP contribution in [0, 0.1) is 11.8 Å². The molecule has 1 aliphatic carbocycles. The SMILES string of the molecule is CN(C)CC1CC(C(F)(F)F)C1. The predicted octanol–water partition coefficient (Wildman–Crippen LogP) is 2.14. The highest BCUT2D eigenvalue weighted by Crippen LogP contribution is 2.44. The van der Waals surface area contributed by atoms with Gasteiger partial charge >= 0.3 is 6.18 Å². The van der Waals surface area contributed by atoms with E-state index in [4.69, 9.17) is 0 Å². The molecule has 0 aromatic carbocycles. The minimum absolute atomic E-state index is 0.256. The van der Waals surface area contributed by atoms with Crippen molar-refractivity contribution in [1.82, 2.24) is 4.90 Å². The van der Waals surface area contributed by atoms with E-state index in [1.54, 1.807) is 0 Å². The Balaban J connectivity index is 2.20. The van der Waals surface area contributed by atoms with Crippen LogP contribution in [0.25, 0.3) is 0 Å². The van der Waals surface area contributed by atoms with Crippen LogP contribution in [-0.4, -0.2) is 31.7 Å². The molecule has 72 valence electrons. The average molecular weight is 181 g/mol. The largest absolute Gasteiger partial charge is 0.391 e. The van der Waals surface area contributed by atoms with Crippen LogP contribution in [0.3, 0.4) is 0 Å². The number of hydrogen-bond donors (Lipinski definition) is 0. The van der Waals surface area contributed by atoms with E-state index in [1.807, 2.05) is 19.0 Å². The van der Waals surface area contributed by atoms with Crippen LogP contribution in [0.5, 0.6) is 0 Å². The van der Waals surface area contributed by atoms with Crippen molar-refractivity contribution in [2.45, 2.75) is 19.0 Å². The zero-order valence-corrected chi connectivity index (χ0v) is 7.36. The molecule has 0 atom stereocenters. The average Bonchev–Trinajstić information content (AvgIpc) is 1.73. The second-order valence-electron chi connectivity index (χ2n) is 3.84. The Labute approximate surface area is 70.5 Å². The van der Waals surface area contributed by atoms with Crippen molar-refractivity contribution in [1.29, 1.82) is 0 Å². The fourth-order valence-corrected chi connectivity index (χ4v) is 1.67. The topological polar surface area (TPSA) is 3.24 Å². The molecule has 4 heteroatoms. The summed E-state index contributed by atoms with van der Waals surface area (Å²) in [6.07, 6.45) is -3.31. The lowest BCUT2D eigenvalue weighted by Gasteiger charge is -2.37. The molecule has 0 unspecified atom stereocenters. The molecule has 0 aromatic heterocycles. The van der Waals surface area contributed by atoms with Gasteiger partial charge in [0.05, 0.1) is 5.92 Å². The minimum atomic E-state index is -3.96. The molecule has 0 heterocycles. The zero-order chi connectivity index (χ0) is 9.35. The first-order valence-corrected chi connectivity index (χ1v) is 4.11. The normalized spacial score (nSPS) is 30.5. The van der Waals surface area contributed by atoms with E-state index in [1.165, 1.54) is 0 Å². The Bertz CT molecular complexity index is 147. The minimum Gasteiger partial charge on any atom is -0.309 e. The second-order valence-corrected chi connectivity index (χ2v) is 3.84. The maximum Gasteiger partial charge on any atom is 0.391 e. The third-order valence-corrected chi connectivity index (χ3v) is 2.32. The quantitative estimate of drug-likeness (QED) is 0.630. The molecule has 0 bridgehead atoms. The maximum atomic E-state index is 12.0. The van der Waals surface area contributed by atoms with Gasteiger partial charge in [0.15, 0.2) is 0 Å². The van der Waals surface area contributed by atoms with Gasteiger partial charge in [-0.15, -0.1) is 0 Å². The van der Waals surface area contributed by atoms with Gasteiger partial charge in [-0.2, -0.15) is 13.2 Å². The third-order valence-electron chi connectivity index (χ3n) is 2.32. The van der Waals surface area contributed by atoms with Crippen LogP contribution < -0.4 is 0 Å². The monoisotopic (exact) mass is 181 g/mol. The van der Waals surface area contributed by atoms with Crippen LogP contribution in [-0.2, 0) is 0 Å². The number of alkyl halides is 3. The highest BCUT2D eigenvalue weighted by atomic mass is 19.4. The van der Waals surface area contributed by atoms with Gasteiger partial charge in [0, 0.05) is 6.54 Å². The van der Waals surface area contributed by atoms with Gasteiger partial charge in [-0.3, -0.25) is 0 Å². The summed E-state index contributed by atoms with van der Waals surface area (Å²) in [7, 11) is 3.78. The Morgan fingerprint density at radius 2 is 1.75 bits per heavy atom. The first kappa shape index (κ1) is 9.84. The molecule has 0 amide bonds. The summed E-state index contributed by atoms with van der Waals surface area (Å²) in [5, 5.41) is 0. The summed E-state index contributed by atoms with van der Waals surface area (Å²) < 4.78 is 36.0. The zero-order valence-electron chi connectivity index (χ0n) is 7.36. The molecular weight excluding hydrogens is 167 g/mol. The van der Waals surface area contributed by atoms with Crippen LogP contribution in [0.15, 0.2) is 0 Å². The number of nitrogens with zero attached hydrogens (tertiary/aromatic N) is 1. The second kappa shape index (κ2) is 3.24. The standard InChI is InChI=1S/C8H14F3N/c1-12(2)5-6-3-7(4-6)8(9,10)11/h6-7H,3-5H2,1-2H3. The molecular formula is C8H14F3N. The van der Waals surface area contributed by atoms with Gasteiger partial charge in [0.1, 0.15) is 0 Å². The van der Waals surface area contributed by atoms with E-state index in [-0.39, 0.29) is 5.92 Å². The van der Waals surface area contributed by atoms with Gasteiger partial charge < -0.3 is 4.90 Å². The third kappa shape index (κ3) is 2.37. The van der Waals surface area contributed by atoms with Crippen molar-refractivity contribution in [3.63, 3.8) is 0 Å². The first-order chi connectivity index (χ1) is 5.39. The van der Waals surface area contributed by atoms with Gasteiger partial charge in [0.2, 0.25) is 0 Å². The summed E-state index contributed by atoms with van der Waals surface area (Å²) in [4.78, 5) is 1.94. The molecule has 1 saturated carbocycles. The van der Waals surface area contributed by atoms with Crippen LogP contribution in [0.2, 0.25) is 0 Å². The van der Waals surface area contributed by atoms with Gasteiger partial charge in [0.25, 0.3) is 0 Å². The summed E-state index contributed by atoms with van der Waals surface area (Å²) in [6.45, 7) is 0.784. The summed E-state index contributed by atoms with van der Waals surface area (Å²) in [5.41, 5.74) is 0. The van der Waals surface area contributed by atoms with Crippen molar-refractivity contribution in [2.24, 2.45) is 11.8 Å². The van der Waals surface area contributed by atoms with E-state index in [0.29, 0.717) is 12.8 Å². The van der Waals surface area contributed by atoms with Crippen molar-refractivity contribution in [2.75, 3.05) is 20.6 Å².